The molecule has 4 N–H and O–H groups in total. The van der Waals surface area contributed by atoms with Crippen molar-refractivity contribution < 1.29 is 23.4 Å². The number of aliphatic hydroxyl groups is 1. The van der Waals surface area contributed by atoms with Gasteiger partial charge in [0.1, 0.15) is 10.7 Å². The Labute approximate surface area is 186 Å². The van der Waals surface area contributed by atoms with Gasteiger partial charge in [-0.3, -0.25) is 5.41 Å². The van der Waals surface area contributed by atoms with Crippen LogP contribution in [0.3, 0.4) is 0 Å². The van der Waals surface area contributed by atoms with E-state index in [1.807, 2.05) is 0 Å². The van der Waals surface area contributed by atoms with Crippen molar-refractivity contribution in [3.63, 3.8) is 0 Å². The third-order valence-electron chi connectivity index (χ3n) is 3.97. The Morgan fingerprint density at radius 1 is 1.13 bits per heavy atom. The standard InChI is InChI=1S/C19H15ClN4O5S2/c1-31(28,29)11-6-4-5-10(9-11)17-23-24-18(30-17)15(16(25)14(21)19(26)27)22-13-8-3-2-7-12(13)20/h2-9,21-22,25H,1H3,(H,26,27)/b16-15+,21-14?. The number of hydrogen-bond donors (Lipinski definition) is 4. The van der Waals surface area contributed by atoms with Gasteiger partial charge in [0, 0.05) is 11.8 Å². The topological polar surface area (TPSA) is 153 Å². The molecule has 0 bridgehead atoms. The van der Waals surface area contributed by atoms with E-state index >= 15 is 0 Å². The maximum atomic E-state index is 11.8. The molecule has 0 fully saturated rings. The van der Waals surface area contributed by atoms with Gasteiger partial charge in [-0.15, -0.1) is 10.2 Å². The van der Waals surface area contributed by atoms with Crippen LogP contribution in [0.2, 0.25) is 5.02 Å². The Kier molecular flexibility index (Phi) is 6.39. The van der Waals surface area contributed by atoms with E-state index in [0.29, 0.717) is 21.3 Å². The molecule has 2 aromatic carbocycles. The summed E-state index contributed by atoms with van der Waals surface area (Å²) in [7, 11) is -3.44. The predicted octanol–water partition coefficient (Wildman–Crippen LogP) is 3.71. The van der Waals surface area contributed by atoms with E-state index in [1.165, 1.54) is 12.1 Å². The summed E-state index contributed by atoms with van der Waals surface area (Å²) in [5, 5.41) is 38.6. The van der Waals surface area contributed by atoms with Gasteiger partial charge >= 0.3 is 5.97 Å². The minimum absolute atomic E-state index is 0.0724. The zero-order valence-electron chi connectivity index (χ0n) is 15.8. The number of hydrogen-bond acceptors (Lipinski definition) is 9. The van der Waals surface area contributed by atoms with E-state index < -0.39 is 27.3 Å². The Balaban J connectivity index is 2.09. The summed E-state index contributed by atoms with van der Waals surface area (Å²) in [6.07, 6.45) is 1.08. The van der Waals surface area contributed by atoms with Gasteiger partial charge in [0.05, 0.1) is 15.6 Å². The quantitative estimate of drug-likeness (QED) is 0.296. The molecule has 12 heteroatoms. The molecular formula is C19H15ClN4O5S2. The number of sulfone groups is 1. The molecule has 1 heterocycles. The van der Waals surface area contributed by atoms with Crippen LogP contribution in [0.25, 0.3) is 16.3 Å². The van der Waals surface area contributed by atoms with Crippen molar-refractivity contribution in [2.24, 2.45) is 0 Å². The van der Waals surface area contributed by atoms with Crippen LogP contribution >= 0.6 is 22.9 Å². The second-order valence-electron chi connectivity index (χ2n) is 6.22. The molecule has 0 radical (unpaired) electrons. The van der Waals surface area contributed by atoms with E-state index in [0.717, 1.165) is 17.6 Å². The van der Waals surface area contributed by atoms with Crippen LogP contribution in [0.1, 0.15) is 5.01 Å². The Morgan fingerprint density at radius 3 is 2.48 bits per heavy atom. The molecule has 3 aromatic rings. The van der Waals surface area contributed by atoms with Crippen LogP contribution in [0, 0.1) is 5.41 Å². The van der Waals surface area contributed by atoms with Crippen molar-refractivity contribution in [3.8, 4) is 10.6 Å². The number of carboxylic acids is 1. The summed E-state index contributed by atoms with van der Waals surface area (Å²) >= 11 is 7.10. The van der Waals surface area contributed by atoms with Gasteiger partial charge in [-0.1, -0.05) is 47.2 Å². The van der Waals surface area contributed by atoms with Gasteiger partial charge < -0.3 is 15.5 Å². The highest BCUT2D eigenvalue weighted by Gasteiger charge is 2.23. The summed E-state index contributed by atoms with van der Waals surface area (Å²) in [6, 6.07) is 12.6. The molecule has 0 aliphatic rings. The minimum Gasteiger partial charge on any atom is -0.504 e. The van der Waals surface area contributed by atoms with E-state index in [2.05, 4.69) is 15.5 Å². The fraction of sp³-hybridized carbons (Fsp3) is 0.0526. The van der Waals surface area contributed by atoms with Gasteiger partial charge in [-0.05, 0) is 24.3 Å². The Morgan fingerprint density at radius 2 is 1.84 bits per heavy atom. The number of para-hydroxylation sites is 1. The number of halogens is 1. The first-order valence-electron chi connectivity index (χ1n) is 8.49. The number of anilines is 1. The molecule has 0 aliphatic carbocycles. The van der Waals surface area contributed by atoms with Crippen LogP contribution in [-0.2, 0) is 14.6 Å². The lowest BCUT2D eigenvalue weighted by Crippen LogP contribution is -2.18. The fourth-order valence-electron chi connectivity index (χ4n) is 2.44. The van der Waals surface area contributed by atoms with Gasteiger partial charge in [0.15, 0.2) is 26.3 Å². The van der Waals surface area contributed by atoms with E-state index in [-0.39, 0.29) is 15.6 Å². The number of benzene rings is 2. The van der Waals surface area contributed by atoms with Crippen LogP contribution in [0.5, 0.6) is 0 Å². The fourth-order valence-corrected chi connectivity index (χ4v) is 4.13. The average molecular weight is 479 g/mol. The summed E-state index contributed by atoms with van der Waals surface area (Å²) in [4.78, 5) is 11.3. The summed E-state index contributed by atoms with van der Waals surface area (Å²) in [5.41, 5.74) is -0.412. The molecule has 160 valence electrons. The first-order valence-corrected chi connectivity index (χ1v) is 11.6. The van der Waals surface area contributed by atoms with Crippen molar-refractivity contribution in [1.29, 1.82) is 5.41 Å². The SMILES string of the molecule is CS(=O)(=O)c1cccc(-c2nnc(/C(Nc3ccccc3Cl)=C(\O)C(=N)C(=O)O)s2)c1. The number of carboxylic acid groups (broad SMARTS) is 1. The van der Waals surface area contributed by atoms with Crippen molar-refractivity contribution in [2.75, 3.05) is 11.6 Å². The Hall–Kier alpha value is -3.28. The highest BCUT2D eigenvalue weighted by atomic mass is 35.5. The molecule has 0 atom stereocenters. The molecule has 0 saturated carbocycles. The molecular weight excluding hydrogens is 464 g/mol. The van der Waals surface area contributed by atoms with Gasteiger partial charge in [-0.25, -0.2) is 13.2 Å². The zero-order chi connectivity index (χ0) is 22.8. The molecule has 3 rings (SSSR count). The van der Waals surface area contributed by atoms with Crippen molar-refractivity contribution in [3.05, 3.63) is 64.3 Å². The summed E-state index contributed by atoms with van der Waals surface area (Å²) in [6.45, 7) is 0. The van der Waals surface area contributed by atoms with E-state index in [9.17, 15) is 18.3 Å². The van der Waals surface area contributed by atoms with Crippen molar-refractivity contribution in [2.45, 2.75) is 4.90 Å². The normalized spacial score (nSPS) is 12.2. The van der Waals surface area contributed by atoms with Crippen molar-refractivity contribution >= 4 is 55.8 Å². The molecule has 0 spiro atoms. The minimum atomic E-state index is -3.44. The number of rotatable bonds is 7. The second-order valence-corrected chi connectivity index (χ2v) is 9.62. The maximum absolute atomic E-state index is 11.8. The molecule has 31 heavy (non-hydrogen) atoms. The molecule has 0 amide bonds. The predicted molar refractivity (Wildman–Crippen MR) is 118 cm³/mol. The second kappa shape index (κ2) is 8.84. The lowest BCUT2D eigenvalue weighted by atomic mass is 10.2. The smallest absolute Gasteiger partial charge is 0.357 e. The van der Waals surface area contributed by atoms with Crippen LogP contribution < -0.4 is 5.32 Å². The maximum Gasteiger partial charge on any atom is 0.357 e. The Bertz CT molecular complexity index is 1320. The average Bonchev–Trinajstić information content (AvgIpc) is 3.21. The monoisotopic (exact) mass is 478 g/mol. The first kappa shape index (κ1) is 22.4. The molecule has 1 aromatic heterocycles. The lowest BCUT2D eigenvalue weighted by molar-refractivity contribution is -0.129. The van der Waals surface area contributed by atoms with Gasteiger partial charge in [0.25, 0.3) is 0 Å². The van der Waals surface area contributed by atoms with E-state index in [4.69, 9.17) is 22.1 Å². The highest BCUT2D eigenvalue weighted by Crippen LogP contribution is 2.32. The molecule has 9 nitrogen and oxygen atoms in total. The lowest BCUT2D eigenvalue weighted by Gasteiger charge is -2.12. The van der Waals surface area contributed by atoms with Crippen LogP contribution in [0.4, 0.5) is 5.69 Å². The van der Waals surface area contributed by atoms with Gasteiger partial charge in [0.2, 0.25) is 0 Å². The summed E-state index contributed by atoms with van der Waals surface area (Å²) < 4.78 is 23.6. The number of nitrogens with zero attached hydrogens (tertiary/aromatic N) is 2. The third-order valence-corrected chi connectivity index (χ3v) is 6.40. The largest absolute Gasteiger partial charge is 0.504 e. The van der Waals surface area contributed by atoms with E-state index in [1.54, 1.807) is 36.4 Å². The molecule has 0 unspecified atom stereocenters. The van der Waals surface area contributed by atoms with Crippen molar-refractivity contribution in [1.82, 2.24) is 10.2 Å². The van der Waals surface area contributed by atoms with Crippen LogP contribution in [-0.4, -0.2) is 46.8 Å². The molecule has 0 aliphatic heterocycles. The number of nitrogens with one attached hydrogen (secondary N) is 2. The number of carbonyl (C=O) groups is 1. The molecule has 0 saturated heterocycles. The van der Waals surface area contributed by atoms with Crippen LogP contribution in [0.15, 0.2) is 59.2 Å². The highest BCUT2D eigenvalue weighted by molar-refractivity contribution is 7.90. The zero-order valence-corrected chi connectivity index (χ0v) is 18.2. The number of aliphatic carboxylic acids is 1. The van der Waals surface area contributed by atoms with Gasteiger partial charge in [-0.2, -0.15) is 0 Å². The summed E-state index contributed by atoms with van der Waals surface area (Å²) in [5.74, 6) is -2.50. The number of aromatic nitrogens is 2. The first-order chi connectivity index (χ1) is 14.6. The third kappa shape index (κ3) is 5.08. The number of aliphatic hydroxyl groups excluding tert-OH is 1.